The average molecular weight is 271 g/mol. The number of pyridine rings is 1. The summed E-state index contributed by atoms with van der Waals surface area (Å²) >= 11 is 0. The second-order valence-electron chi connectivity index (χ2n) is 5.11. The van der Waals surface area contributed by atoms with E-state index in [1.807, 2.05) is 31.2 Å². The zero-order chi connectivity index (χ0) is 14.4. The molecule has 0 spiro atoms. The highest BCUT2D eigenvalue weighted by atomic mass is 16.1. The van der Waals surface area contributed by atoms with Crippen molar-refractivity contribution in [3.63, 3.8) is 0 Å². The third-order valence-electron chi connectivity index (χ3n) is 3.26. The molecule has 2 aromatic rings. The molecule has 1 atom stereocenters. The van der Waals surface area contributed by atoms with Gasteiger partial charge in [-0.05, 0) is 31.4 Å². The average Bonchev–Trinajstić information content (AvgIpc) is 2.45. The molecule has 1 aromatic carbocycles. The molecule has 4 heteroatoms. The summed E-state index contributed by atoms with van der Waals surface area (Å²) in [7, 11) is 0. The number of hydrogen-bond donors (Lipinski definition) is 2. The molecule has 1 unspecified atom stereocenters. The molecule has 0 saturated carbocycles. The van der Waals surface area contributed by atoms with Crippen LogP contribution in [0.4, 0.5) is 0 Å². The summed E-state index contributed by atoms with van der Waals surface area (Å²) in [5, 5.41) is 4.06. The highest BCUT2D eigenvalue weighted by molar-refractivity contribution is 5.81. The summed E-state index contributed by atoms with van der Waals surface area (Å²) in [6, 6.07) is 10.2. The molecule has 0 bridgehead atoms. The van der Waals surface area contributed by atoms with Gasteiger partial charge in [0.1, 0.15) is 0 Å². The van der Waals surface area contributed by atoms with Crippen LogP contribution in [0.1, 0.15) is 25.3 Å². The predicted molar refractivity (Wildman–Crippen MR) is 81.3 cm³/mol. The Bertz CT molecular complexity index is 575. The van der Waals surface area contributed by atoms with Crippen LogP contribution in [-0.2, 0) is 11.2 Å². The Balaban J connectivity index is 1.88. The Morgan fingerprint density at radius 3 is 2.95 bits per heavy atom. The van der Waals surface area contributed by atoms with E-state index in [0.717, 1.165) is 29.3 Å². The standard InChI is InChI=1S/C16H21N3O/c1-12(17)7-8-15(20)18-11-9-14-5-2-4-13-6-3-10-19-16(13)14/h2-6,10,12H,7-9,11,17H2,1H3,(H,18,20). The van der Waals surface area contributed by atoms with Crippen molar-refractivity contribution in [1.29, 1.82) is 0 Å². The minimum atomic E-state index is 0.0653. The van der Waals surface area contributed by atoms with E-state index in [2.05, 4.69) is 16.4 Å². The van der Waals surface area contributed by atoms with E-state index < -0.39 is 0 Å². The number of carbonyl (C=O) groups is 1. The number of amides is 1. The highest BCUT2D eigenvalue weighted by Crippen LogP contribution is 2.15. The van der Waals surface area contributed by atoms with Crippen molar-refractivity contribution in [3.05, 3.63) is 42.1 Å². The molecular formula is C16H21N3O. The molecule has 1 amide bonds. The van der Waals surface area contributed by atoms with Gasteiger partial charge in [-0.3, -0.25) is 9.78 Å². The molecule has 0 aliphatic heterocycles. The number of carbonyl (C=O) groups excluding carboxylic acids is 1. The molecule has 20 heavy (non-hydrogen) atoms. The van der Waals surface area contributed by atoms with Crippen LogP contribution >= 0.6 is 0 Å². The van der Waals surface area contributed by atoms with Crippen molar-refractivity contribution >= 4 is 16.8 Å². The van der Waals surface area contributed by atoms with Gasteiger partial charge in [0.25, 0.3) is 0 Å². The molecule has 0 fully saturated rings. The van der Waals surface area contributed by atoms with E-state index in [0.29, 0.717) is 13.0 Å². The second kappa shape index (κ2) is 7.01. The molecule has 0 radical (unpaired) electrons. The van der Waals surface area contributed by atoms with Crippen molar-refractivity contribution in [2.45, 2.75) is 32.2 Å². The summed E-state index contributed by atoms with van der Waals surface area (Å²) in [6.45, 7) is 2.54. The normalized spacial score (nSPS) is 12.3. The number of nitrogens with zero attached hydrogens (tertiary/aromatic N) is 1. The smallest absolute Gasteiger partial charge is 0.220 e. The zero-order valence-electron chi connectivity index (χ0n) is 11.8. The van der Waals surface area contributed by atoms with Crippen LogP contribution in [0.3, 0.4) is 0 Å². The second-order valence-corrected chi connectivity index (χ2v) is 5.11. The highest BCUT2D eigenvalue weighted by Gasteiger charge is 2.05. The molecule has 106 valence electrons. The molecule has 0 saturated heterocycles. The van der Waals surface area contributed by atoms with E-state index in [4.69, 9.17) is 5.73 Å². The topological polar surface area (TPSA) is 68.0 Å². The maximum atomic E-state index is 11.6. The summed E-state index contributed by atoms with van der Waals surface area (Å²) in [5.74, 6) is 0.0653. The van der Waals surface area contributed by atoms with Gasteiger partial charge in [-0.25, -0.2) is 0 Å². The maximum Gasteiger partial charge on any atom is 0.220 e. The lowest BCUT2D eigenvalue weighted by Crippen LogP contribution is -2.27. The molecule has 3 N–H and O–H groups in total. The predicted octanol–water partition coefficient (Wildman–Crippen LogP) is 2.02. The number of aromatic nitrogens is 1. The zero-order valence-corrected chi connectivity index (χ0v) is 11.8. The van der Waals surface area contributed by atoms with Gasteiger partial charge < -0.3 is 11.1 Å². The Labute approximate surface area is 119 Å². The van der Waals surface area contributed by atoms with Gasteiger partial charge in [-0.15, -0.1) is 0 Å². The van der Waals surface area contributed by atoms with Crippen LogP contribution in [0, 0.1) is 0 Å². The number of hydrogen-bond acceptors (Lipinski definition) is 3. The lowest BCUT2D eigenvalue weighted by molar-refractivity contribution is -0.121. The number of benzene rings is 1. The number of para-hydroxylation sites is 1. The van der Waals surface area contributed by atoms with Crippen LogP contribution in [0.25, 0.3) is 10.9 Å². The van der Waals surface area contributed by atoms with Gasteiger partial charge in [0.2, 0.25) is 5.91 Å². The minimum absolute atomic E-state index is 0.0653. The van der Waals surface area contributed by atoms with Crippen LogP contribution in [0.15, 0.2) is 36.5 Å². The number of fused-ring (bicyclic) bond motifs is 1. The molecule has 4 nitrogen and oxygen atoms in total. The first-order chi connectivity index (χ1) is 9.66. The molecule has 1 heterocycles. The quantitative estimate of drug-likeness (QED) is 0.844. The first-order valence-corrected chi connectivity index (χ1v) is 7.01. The molecule has 1 aromatic heterocycles. The lowest BCUT2D eigenvalue weighted by atomic mass is 10.1. The van der Waals surface area contributed by atoms with Crippen molar-refractivity contribution in [1.82, 2.24) is 10.3 Å². The summed E-state index contributed by atoms with van der Waals surface area (Å²) in [4.78, 5) is 16.0. The Morgan fingerprint density at radius 2 is 2.15 bits per heavy atom. The third-order valence-corrected chi connectivity index (χ3v) is 3.26. The fraction of sp³-hybridized carbons (Fsp3) is 0.375. The summed E-state index contributed by atoms with van der Waals surface area (Å²) in [5.41, 5.74) is 7.81. The molecular weight excluding hydrogens is 250 g/mol. The fourth-order valence-corrected chi connectivity index (χ4v) is 2.15. The first-order valence-electron chi connectivity index (χ1n) is 7.01. The van der Waals surface area contributed by atoms with Gasteiger partial charge in [0.05, 0.1) is 5.52 Å². The number of rotatable bonds is 6. The third kappa shape index (κ3) is 4.03. The van der Waals surface area contributed by atoms with Gasteiger partial charge in [-0.1, -0.05) is 24.3 Å². The van der Waals surface area contributed by atoms with Crippen molar-refractivity contribution in [2.75, 3.05) is 6.54 Å². The van der Waals surface area contributed by atoms with Crippen LogP contribution < -0.4 is 11.1 Å². The van der Waals surface area contributed by atoms with Crippen LogP contribution in [0.5, 0.6) is 0 Å². The number of nitrogens with two attached hydrogens (primary N) is 1. The summed E-state index contributed by atoms with van der Waals surface area (Å²) in [6.07, 6.45) is 3.80. The maximum absolute atomic E-state index is 11.6. The van der Waals surface area contributed by atoms with Crippen molar-refractivity contribution < 1.29 is 4.79 Å². The Hall–Kier alpha value is -1.94. The van der Waals surface area contributed by atoms with Crippen molar-refractivity contribution in [2.24, 2.45) is 5.73 Å². The van der Waals surface area contributed by atoms with E-state index in [9.17, 15) is 4.79 Å². The van der Waals surface area contributed by atoms with Gasteiger partial charge >= 0.3 is 0 Å². The van der Waals surface area contributed by atoms with E-state index in [-0.39, 0.29) is 11.9 Å². The summed E-state index contributed by atoms with van der Waals surface area (Å²) < 4.78 is 0. The van der Waals surface area contributed by atoms with E-state index in [1.54, 1.807) is 6.20 Å². The van der Waals surface area contributed by atoms with E-state index in [1.165, 1.54) is 0 Å². The SMILES string of the molecule is CC(N)CCC(=O)NCCc1cccc2cccnc12. The van der Waals surface area contributed by atoms with Crippen molar-refractivity contribution in [3.8, 4) is 0 Å². The minimum Gasteiger partial charge on any atom is -0.356 e. The van der Waals surface area contributed by atoms with Crippen LogP contribution in [0.2, 0.25) is 0 Å². The van der Waals surface area contributed by atoms with Gasteiger partial charge in [0.15, 0.2) is 0 Å². The molecule has 2 rings (SSSR count). The molecule has 0 aliphatic carbocycles. The molecule has 0 aliphatic rings. The fourth-order valence-electron chi connectivity index (χ4n) is 2.15. The largest absolute Gasteiger partial charge is 0.356 e. The monoisotopic (exact) mass is 271 g/mol. The van der Waals surface area contributed by atoms with Gasteiger partial charge in [0, 0.05) is 30.6 Å². The Kier molecular flexibility index (Phi) is 5.07. The lowest BCUT2D eigenvalue weighted by Gasteiger charge is -2.08. The van der Waals surface area contributed by atoms with Gasteiger partial charge in [-0.2, -0.15) is 0 Å². The first kappa shape index (κ1) is 14.5. The number of nitrogens with one attached hydrogen (secondary N) is 1. The van der Waals surface area contributed by atoms with Crippen LogP contribution in [-0.4, -0.2) is 23.5 Å². The Morgan fingerprint density at radius 1 is 1.35 bits per heavy atom. The van der Waals surface area contributed by atoms with E-state index >= 15 is 0 Å².